The van der Waals surface area contributed by atoms with Crippen LogP contribution < -0.4 is 0 Å². The fraction of sp³-hybridized carbons (Fsp3) is 0.714. The Morgan fingerprint density at radius 2 is 2.24 bits per heavy atom. The number of rotatable bonds is 7. The van der Waals surface area contributed by atoms with E-state index >= 15 is 0 Å². The first-order chi connectivity index (χ1) is 8.19. The molecule has 0 aromatic rings. The summed E-state index contributed by atoms with van der Waals surface area (Å²) in [6.45, 7) is 6.87. The van der Waals surface area contributed by atoms with Gasteiger partial charge in [-0.2, -0.15) is 0 Å². The van der Waals surface area contributed by atoms with Crippen molar-refractivity contribution in [2.75, 3.05) is 6.61 Å². The van der Waals surface area contributed by atoms with E-state index in [1.165, 1.54) is 25.3 Å². The molecule has 0 fully saturated rings. The van der Waals surface area contributed by atoms with Gasteiger partial charge in [-0.15, -0.1) is 0 Å². The minimum absolute atomic E-state index is 0.0165. The lowest BCUT2D eigenvalue weighted by Gasteiger charge is -2.21. The number of aliphatic imine (C=N–C) groups is 1. The standard InChI is InChI=1S/C14H23NO2/c1-4-6-7-12(5-2)10-17-14-11(3)15-9-8-13(14)16/h8-9,12,14H,4-7,10H2,1-3H3. The number of carbonyl (C=O) groups is 1. The summed E-state index contributed by atoms with van der Waals surface area (Å²) < 4.78 is 5.73. The van der Waals surface area contributed by atoms with E-state index in [-0.39, 0.29) is 5.78 Å². The molecule has 0 radical (unpaired) electrons. The van der Waals surface area contributed by atoms with Gasteiger partial charge in [-0.25, -0.2) is 0 Å². The second kappa shape index (κ2) is 7.38. The van der Waals surface area contributed by atoms with E-state index in [1.807, 2.05) is 6.92 Å². The van der Waals surface area contributed by atoms with Gasteiger partial charge in [0.15, 0.2) is 11.9 Å². The maximum absolute atomic E-state index is 11.6. The molecule has 2 unspecified atom stereocenters. The number of ether oxygens (including phenoxy) is 1. The third-order valence-corrected chi connectivity index (χ3v) is 3.20. The summed E-state index contributed by atoms with van der Waals surface area (Å²) in [7, 11) is 0. The predicted octanol–water partition coefficient (Wildman–Crippen LogP) is 3.15. The van der Waals surface area contributed by atoms with E-state index in [0.29, 0.717) is 12.5 Å². The molecule has 0 bridgehead atoms. The summed E-state index contributed by atoms with van der Waals surface area (Å²) in [4.78, 5) is 15.7. The second-order valence-corrected chi connectivity index (χ2v) is 4.62. The van der Waals surface area contributed by atoms with Gasteiger partial charge >= 0.3 is 0 Å². The van der Waals surface area contributed by atoms with Gasteiger partial charge in [0.05, 0.1) is 12.3 Å². The summed E-state index contributed by atoms with van der Waals surface area (Å²) in [5, 5.41) is 0. The maximum Gasteiger partial charge on any atom is 0.191 e. The van der Waals surface area contributed by atoms with Gasteiger partial charge < -0.3 is 4.74 Å². The topological polar surface area (TPSA) is 38.7 Å². The largest absolute Gasteiger partial charge is 0.364 e. The molecule has 0 amide bonds. The van der Waals surface area contributed by atoms with Crippen molar-refractivity contribution in [2.45, 2.75) is 52.6 Å². The third-order valence-electron chi connectivity index (χ3n) is 3.20. The number of ketones is 1. The molecule has 3 heteroatoms. The van der Waals surface area contributed by atoms with E-state index in [4.69, 9.17) is 4.74 Å². The van der Waals surface area contributed by atoms with Crippen molar-refractivity contribution >= 4 is 11.5 Å². The molecule has 0 spiro atoms. The highest BCUT2D eigenvalue weighted by Gasteiger charge is 2.23. The van der Waals surface area contributed by atoms with E-state index in [2.05, 4.69) is 18.8 Å². The monoisotopic (exact) mass is 237 g/mol. The molecule has 17 heavy (non-hydrogen) atoms. The number of hydrogen-bond donors (Lipinski definition) is 0. The Morgan fingerprint density at radius 3 is 2.82 bits per heavy atom. The van der Waals surface area contributed by atoms with Crippen molar-refractivity contribution in [2.24, 2.45) is 10.9 Å². The molecular formula is C14H23NO2. The van der Waals surface area contributed by atoms with Crippen LogP contribution in [0, 0.1) is 5.92 Å². The van der Waals surface area contributed by atoms with Crippen molar-refractivity contribution in [1.29, 1.82) is 0 Å². The van der Waals surface area contributed by atoms with Gasteiger partial charge in [0.2, 0.25) is 0 Å². The molecule has 0 N–H and O–H groups in total. The molecule has 1 rings (SSSR count). The zero-order chi connectivity index (χ0) is 12.7. The van der Waals surface area contributed by atoms with Gasteiger partial charge in [0.1, 0.15) is 0 Å². The Kier molecular flexibility index (Phi) is 6.12. The number of nitrogens with zero attached hydrogens (tertiary/aromatic N) is 1. The highest BCUT2D eigenvalue weighted by Crippen LogP contribution is 2.15. The average Bonchev–Trinajstić information content (AvgIpc) is 2.32. The Morgan fingerprint density at radius 1 is 1.47 bits per heavy atom. The van der Waals surface area contributed by atoms with Crippen LogP contribution in [0.3, 0.4) is 0 Å². The summed E-state index contributed by atoms with van der Waals surface area (Å²) >= 11 is 0. The lowest BCUT2D eigenvalue weighted by Crippen LogP contribution is -2.33. The average molecular weight is 237 g/mol. The summed E-state index contributed by atoms with van der Waals surface area (Å²) in [5.74, 6) is 0.573. The molecule has 0 aromatic heterocycles. The van der Waals surface area contributed by atoms with E-state index in [9.17, 15) is 4.79 Å². The van der Waals surface area contributed by atoms with Gasteiger partial charge in [-0.3, -0.25) is 9.79 Å². The Bertz CT molecular complexity index is 307. The second-order valence-electron chi connectivity index (χ2n) is 4.62. The molecule has 1 heterocycles. The number of hydrogen-bond acceptors (Lipinski definition) is 3. The van der Waals surface area contributed by atoms with Crippen LogP contribution in [0.1, 0.15) is 46.5 Å². The zero-order valence-electron chi connectivity index (χ0n) is 11.1. The third kappa shape index (κ3) is 4.43. The lowest BCUT2D eigenvalue weighted by molar-refractivity contribution is -0.122. The minimum Gasteiger partial charge on any atom is -0.364 e. The fourth-order valence-electron chi connectivity index (χ4n) is 1.92. The Balaban J connectivity index is 2.40. The van der Waals surface area contributed by atoms with Crippen LogP contribution in [0.2, 0.25) is 0 Å². The van der Waals surface area contributed by atoms with Crippen LogP contribution in [-0.4, -0.2) is 24.2 Å². The van der Waals surface area contributed by atoms with Crippen molar-refractivity contribution in [3.8, 4) is 0 Å². The van der Waals surface area contributed by atoms with E-state index in [0.717, 1.165) is 12.1 Å². The molecule has 1 aliphatic rings. The molecule has 96 valence electrons. The van der Waals surface area contributed by atoms with Crippen molar-refractivity contribution in [3.05, 3.63) is 12.3 Å². The zero-order valence-corrected chi connectivity index (χ0v) is 11.1. The van der Waals surface area contributed by atoms with Gasteiger partial charge in [-0.1, -0.05) is 33.1 Å². The van der Waals surface area contributed by atoms with Crippen molar-refractivity contribution in [3.63, 3.8) is 0 Å². The highest BCUT2D eigenvalue weighted by molar-refractivity contribution is 6.13. The molecule has 2 atom stereocenters. The molecule has 3 nitrogen and oxygen atoms in total. The highest BCUT2D eigenvalue weighted by atomic mass is 16.5. The SMILES string of the molecule is CCCCC(CC)COC1C(=O)C=CN=C1C. The molecular weight excluding hydrogens is 214 g/mol. The first-order valence-electron chi connectivity index (χ1n) is 6.55. The maximum atomic E-state index is 11.6. The van der Waals surface area contributed by atoms with Crippen LogP contribution in [0.5, 0.6) is 0 Å². The molecule has 0 saturated carbocycles. The van der Waals surface area contributed by atoms with E-state index in [1.54, 1.807) is 6.20 Å². The van der Waals surface area contributed by atoms with Crippen molar-refractivity contribution in [1.82, 2.24) is 0 Å². The molecule has 0 aromatic carbocycles. The normalized spacial score (nSPS) is 21.5. The quantitative estimate of drug-likeness (QED) is 0.682. The van der Waals surface area contributed by atoms with E-state index < -0.39 is 6.10 Å². The number of unbranched alkanes of at least 4 members (excludes halogenated alkanes) is 1. The molecule has 0 aliphatic carbocycles. The van der Waals surface area contributed by atoms with Gasteiger partial charge in [0.25, 0.3) is 0 Å². The van der Waals surface area contributed by atoms with Gasteiger partial charge in [0, 0.05) is 12.3 Å². The molecule has 1 aliphatic heterocycles. The lowest BCUT2D eigenvalue weighted by atomic mass is 10.00. The van der Waals surface area contributed by atoms with Crippen LogP contribution in [0.4, 0.5) is 0 Å². The van der Waals surface area contributed by atoms with Crippen LogP contribution in [0.15, 0.2) is 17.3 Å². The first kappa shape index (κ1) is 14.1. The summed E-state index contributed by atoms with van der Waals surface area (Å²) in [6.07, 6.45) is 7.31. The minimum atomic E-state index is -0.448. The Hall–Kier alpha value is -0.960. The molecule has 0 saturated heterocycles. The first-order valence-corrected chi connectivity index (χ1v) is 6.55. The smallest absolute Gasteiger partial charge is 0.191 e. The predicted molar refractivity (Wildman–Crippen MR) is 70.3 cm³/mol. The summed E-state index contributed by atoms with van der Waals surface area (Å²) in [6, 6.07) is 0. The van der Waals surface area contributed by atoms with Crippen molar-refractivity contribution < 1.29 is 9.53 Å². The summed E-state index contributed by atoms with van der Waals surface area (Å²) in [5.41, 5.74) is 0.767. The van der Waals surface area contributed by atoms with Crippen LogP contribution in [-0.2, 0) is 9.53 Å². The van der Waals surface area contributed by atoms with Crippen LogP contribution >= 0.6 is 0 Å². The fourth-order valence-corrected chi connectivity index (χ4v) is 1.92. The van der Waals surface area contributed by atoms with Gasteiger partial charge in [-0.05, 0) is 19.3 Å². The number of carbonyl (C=O) groups excluding carboxylic acids is 1. The Labute approximate surface area is 104 Å². The van der Waals surface area contributed by atoms with Crippen LogP contribution in [0.25, 0.3) is 0 Å².